The first-order valence-electron chi connectivity index (χ1n) is 5.96. The fraction of sp³-hybridized carbons (Fsp3) is 0.250. The molecule has 2 rings (SSSR count). The van der Waals surface area contributed by atoms with E-state index in [1.807, 2.05) is 6.92 Å². The van der Waals surface area contributed by atoms with Crippen LogP contribution in [0, 0.1) is 10.1 Å². The molecule has 0 radical (unpaired) electrons. The number of hydrogen-bond acceptors (Lipinski definition) is 6. The predicted octanol–water partition coefficient (Wildman–Crippen LogP) is 4.48. The first kappa shape index (κ1) is 16.0. The Morgan fingerprint density at radius 2 is 2.33 bits per heavy atom. The maximum absolute atomic E-state index is 11.1. The van der Waals surface area contributed by atoms with Gasteiger partial charge in [0.1, 0.15) is 11.4 Å². The van der Waals surface area contributed by atoms with Crippen molar-refractivity contribution in [1.82, 2.24) is 4.98 Å². The number of halogens is 2. The number of benzene rings is 1. The molecule has 1 aromatic heterocycles. The Labute approximate surface area is 138 Å². The Morgan fingerprint density at radius 3 is 2.90 bits per heavy atom. The minimum absolute atomic E-state index is 0.0269. The van der Waals surface area contributed by atoms with Gasteiger partial charge >= 0.3 is 0 Å². The number of nitro benzene ring substituents is 1. The standard InChI is InChI=1S/C12H11BrClN3O3S/c1-2-20-11-4-9(10(17(18)19)3-8(11)13)15-5-7-6-16-12(14)21-7/h3-4,6,15H,2,5H2,1H3. The van der Waals surface area contributed by atoms with E-state index in [1.165, 1.54) is 17.4 Å². The normalized spacial score (nSPS) is 10.4. The van der Waals surface area contributed by atoms with Gasteiger partial charge in [0.2, 0.25) is 0 Å². The summed E-state index contributed by atoms with van der Waals surface area (Å²) in [6.45, 7) is 2.72. The first-order chi connectivity index (χ1) is 10.0. The highest BCUT2D eigenvalue weighted by Gasteiger charge is 2.18. The maximum Gasteiger partial charge on any atom is 0.293 e. The third kappa shape index (κ3) is 4.05. The summed E-state index contributed by atoms with van der Waals surface area (Å²) in [6, 6.07) is 3.03. The van der Waals surface area contributed by atoms with Crippen molar-refractivity contribution in [2.75, 3.05) is 11.9 Å². The van der Waals surface area contributed by atoms with E-state index in [-0.39, 0.29) is 5.69 Å². The number of aromatic nitrogens is 1. The Kier molecular flexibility index (Phi) is 5.38. The van der Waals surface area contributed by atoms with Crippen LogP contribution in [-0.4, -0.2) is 16.5 Å². The third-order valence-corrected chi connectivity index (χ3v) is 4.26. The average Bonchev–Trinajstić information content (AvgIpc) is 2.85. The second kappa shape index (κ2) is 7.06. The highest BCUT2D eigenvalue weighted by Crippen LogP contribution is 2.36. The van der Waals surface area contributed by atoms with Crippen LogP contribution >= 0.6 is 38.9 Å². The van der Waals surface area contributed by atoms with Gasteiger partial charge in [0.15, 0.2) is 4.47 Å². The van der Waals surface area contributed by atoms with Gasteiger partial charge in [-0.25, -0.2) is 4.98 Å². The Bertz CT molecular complexity index is 665. The molecule has 1 aromatic carbocycles. The zero-order valence-electron chi connectivity index (χ0n) is 10.9. The lowest BCUT2D eigenvalue weighted by Gasteiger charge is -2.10. The molecule has 0 unspecified atom stereocenters. The van der Waals surface area contributed by atoms with Gasteiger partial charge in [0.25, 0.3) is 5.69 Å². The van der Waals surface area contributed by atoms with E-state index < -0.39 is 4.92 Å². The molecule has 0 saturated carbocycles. The van der Waals surface area contributed by atoms with Crippen LogP contribution in [0.25, 0.3) is 0 Å². The van der Waals surface area contributed by atoms with Gasteiger partial charge in [0, 0.05) is 23.2 Å². The Balaban J connectivity index is 2.26. The largest absolute Gasteiger partial charge is 0.493 e. The number of rotatable bonds is 6. The average molecular weight is 393 g/mol. The molecule has 2 aromatic rings. The number of nitro groups is 1. The highest BCUT2D eigenvalue weighted by molar-refractivity contribution is 9.10. The lowest BCUT2D eigenvalue weighted by Crippen LogP contribution is -2.03. The Morgan fingerprint density at radius 1 is 1.57 bits per heavy atom. The van der Waals surface area contributed by atoms with Crippen molar-refractivity contribution in [2.24, 2.45) is 0 Å². The molecule has 0 bridgehead atoms. The van der Waals surface area contributed by atoms with E-state index in [1.54, 1.807) is 12.3 Å². The van der Waals surface area contributed by atoms with Crippen LogP contribution in [0.5, 0.6) is 5.75 Å². The van der Waals surface area contributed by atoms with Crippen LogP contribution in [0.1, 0.15) is 11.8 Å². The number of nitrogens with one attached hydrogen (secondary N) is 1. The molecule has 1 N–H and O–H groups in total. The molecule has 0 aliphatic heterocycles. The van der Waals surface area contributed by atoms with E-state index in [9.17, 15) is 10.1 Å². The van der Waals surface area contributed by atoms with Crippen LogP contribution in [0.3, 0.4) is 0 Å². The summed E-state index contributed by atoms with van der Waals surface area (Å²) >= 11 is 10.3. The molecule has 1 heterocycles. The van der Waals surface area contributed by atoms with Crippen molar-refractivity contribution in [1.29, 1.82) is 0 Å². The van der Waals surface area contributed by atoms with Crippen LogP contribution < -0.4 is 10.1 Å². The molecule has 0 aliphatic carbocycles. The number of ether oxygens (including phenoxy) is 1. The fourth-order valence-corrected chi connectivity index (χ4v) is 3.01. The van der Waals surface area contributed by atoms with Gasteiger partial charge in [-0.3, -0.25) is 10.1 Å². The van der Waals surface area contributed by atoms with Crippen molar-refractivity contribution in [3.63, 3.8) is 0 Å². The molecule has 0 saturated heterocycles. The van der Waals surface area contributed by atoms with Crippen LogP contribution in [0.2, 0.25) is 4.47 Å². The number of thiazole rings is 1. The molecule has 9 heteroatoms. The number of hydrogen-bond donors (Lipinski definition) is 1. The quantitative estimate of drug-likeness (QED) is 0.579. The molecule has 0 aliphatic rings. The highest BCUT2D eigenvalue weighted by atomic mass is 79.9. The zero-order valence-corrected chi connectivity index (χ0v) is 14.1. The van der Waals surface area contributed by atoms with Gasteiger partial charge in [0.05, 0.1) is 22.5 Å². The zero-order chi connectivity index (χ0) is 15.4. The Hall–Kier alpha value is -1.38. The van der Waals surface area contributed by atoms with Gasteiger partial charge in [-0.15, -0.1) is 11.3 Å². The van der Waals surface area contributed by atoms with E-state index in [0.717, 1.165) is 4.88 Å². The van der Waals surface area contributed by atoms with Gasteiger partial charge in [-0.1, -0.05) is 11.6 Å². The van der Waals surface area contributed by atoms with E-state index >= 15 is 0 Å². The topological polar surface area (TPSA) is 77.3 Å². The number of nitrogens with zero attached hydrogens (tertiary/aromatic N) is 2. The molecular weight excluding hydrogens is 382 g/mol. The minimum atomic E-state index is -0.442. The fourth-order valence-electron chi connectivity index (χ4n) is 1.65. The van der Waals surface area contributed by atoms with Crippen LogP contribution in [0.15, 0.2) is 22.8 Å². The minimum Gasteiger partial charge on any atom is -0.493 e. The van der Waals surface area contributed by atoms with E-state index in [4.69, 9.17) is 16.3 Å². The van der Waals surface area contributed by atoms with Gasteiger partial charge in [-0.2, -0.15) is 0 Å². The summed E-state index contributed by atoms with van der Waals surface area (Å²) in [6.07, 6.45) is 1.63. The lowest BCUT2D eigenvalue weighted by molar-refractivity contribution is -0.384. The molecule has 0 fully saturated rings. The van der Waals surface area contributed by atoms with Crippen LogP contribution in [-0.2, 0) is 6.54 Å². The van der Waals surface area contributed by atoms with Crippen molar-refractivity contribution < 1.29 is 9.66 Å². The summed E-state index contributed by atoms with van der Waals surface area (Å²) in [5.74, 6) is 0.549. The van der Waals surface area contributed by atoms with Crippen molar-refractivity contribution >= 4 is 50.2 Å². The first-order valence-corrected chi connectivity index (χ1v) is 7.94. The predicted molar refractivity (Wildman–Crippen MR) is 86.4 cm³/mol. The summed E-state index contributed by atoms with van der Waals surface area (Å²) < 4.78 is 6.41. The van der Waals surface area contributed by atoms with Crippen LogP contribution in [0.4, 0.5) is 11.4 Å². The SMILES string of the molecule is CCOc1cc(NCc2cnc(Cl)s2)c([N+](=O)[O-])cc1Br. The summed E-state index contributed by atoms with van der Waals surface area (Å²) in [7, 11) is 0. The van der Waals surface area contributed by atoms with Gasteiger partial charge in [-0.05, 0) is 22.9 Å². The maximum atomic E-state index is 11.1. The van der Waals surface area contributed by atoms with E-state index in [2.05, 4.69) is 26.2 Å². The van der Waals surface area contributed by atoms with Crippen molar-refractivity contribution in [2.45, 2.75) is 13.5 Å². The molecule has 0 amide bonds. The molecule has 0 spiro atoms. The number of anilines is 1. The molecule has 6 nitrogen and oxygen atoms in total. The lowest BCUT2D eigenvalue weighted by atomic mass is 10.2. The van der Waals surface area contributed by atoms with Crippen molar-refractivity contribution in [3.05, 3.63) is 42.3 Å². The molecule has 21 heavy (non-hydrogen) atoms. The summed E-state index contributed by atoms with van der Waals surface area (Å²) in [5, 5.41) is 14.2. The second-order valence-electron chi connectivity index (χ2n) is 3.92. The van der Waals surface area contributed by atoms with Gasteiger partial charge < -0.3 is 10.1 Å². The van der Waals surface area contributed by atoms with E-state index in [0.29, 0.717) is 33.5 Å². The molecular formula is C12H11BrClN3O3S. The molecule has 112 valence electrons. The summed E-state index contributed by atoms with van der Waals surface area (Å²) in [5.41, 5.74) is 0.358. The smallest absolute Gasteiger partial charge is 0.293 e. The monoisotopic (exact) mass is 391 g/mol. The molecule has 0 atom stereocenters. The second-order valence-corrected chi connectivity index (χ2v) is 6.47. The third-order valence-electron chi connectivity index (χ3n) is 2.53. The van der Waals surface area contributed by atoms with Crippen molar-refractivity contribution in [3.8, 4) is 5.75 Å². The summed E-state index contributed by atoms with van der Waals surface area (Å²) in [4.78, 5) is 15.5.